The van der Waals surface area contributed by atoms with Gasteiger partial charge in [-0.15, -0.1) is 10.2 Å². The van der Waals surface area contributed by atoms with Gasteiger partial charge in [-0.1, -0.05) is 23.4 Å². The molecule has 0 saturated heterocycles. The van der Waals surface area contributed by atoms with Gasteiger partial charge in [-0.2, -0.15) is 5.21 Å². The summed E-state index contributed by atoms with van der Waals surface area (Å²) < 4.78 is 0. The first-order valence-corrected chi connectivity index (χ1v) is 4.12. The van der Waals surface area contributed by atoms with Crippen molar-refractivity contribution in [1.82, 2.24) is 25.9 Å². The summed E-state index contributed by atoms with van der Waals surface area (Å²) in [4.78, 5) is 11.1. The molecule has 0 radical (unpaired) electrons. The SMILES string of the molecule is CC=CC=CC(=O)NCc1nn[nH]n1. The van der Waals surface area contributed by atoms with Gasteiger partial charge < -0.3 is 5.32 Å². The Balaban J connectivity index is 2.28. The lowest BCUT2D eigenvalue weighted by atomic mass is 10.4. The second-order valence-corrected chi connectivity index (χ2v) is 2.43. The maximum Gasteiger partial charge on any atom is 0.244 e. The molecule has 0 aliphatic rings. The fourth-order valence-electron chi connectivity index (χ4n) is 0.737. The van der Waals surface area contributed by atoms with Crippen LogP contribution in [0.15, 0.2) is 24.3 Å². The summed E-state index contributed by atoms with van der Waals surface area (Å²) in [7, 11) is 0. The van der Waals surface area contributed by atoms with Crippen LogP contribution >= 0.6 is 0 Å². The van der Waals surface area contributed by atoms with Crippen molar-refractivity contribution in [2.75, 3.05) is 0 Å². The molecule has 14 heavy (non-hydrogen) atoms. The van der Waals surface area contributed by atoms with Gasteiger partial charge in [0, 0.05) is 6.08 Å². The number of tetrazole rings is 1. The van der Waals surface area contributed by atoms with Gasteiger partial charge in [-0.05, 0) is 6.92 Å². The standard InChI is InChI=1S/C8H11N5O/c1-2-3-4-5-8(14)9-6-7-10-12-13-11-7/h2-5H,6H2,1H3,(H,9,14)(H,10,11,12,13). The fraction of sp³-hybridized carbons (Fsp3) is 0.250. The van der Waals surface area contributed by atoms with Crippen molar-refractivity contribution >= 4 is 5.91 Å². The van der Waals surface area contributed by atoms with Crippen LogP contribution < -0.4 is 5.32 Å². The Hall–Kier alpha value is -1.98. The third-order valence-corrected chi connectivity index (χ3v) is 1.36. The van der Waals surface area contributed by atoms with Crippen LogP contribution in [-0.2, 0) is 11.3 Å². The Bertz CT molecular complexity index is 328. The first kappa shape index (κ1) is 10.1. The Morgan fingerprint density at radius 3 is 3.07 bits per heavy atom. The van der Waals surface area contributed by atoms with E-state index in [1.165, 1.54) is 6.08 Å². The number of carbonyl (C=O) groups is 1. The van der Waals surface area contributed by atoms with Crippen molar-refractivity contribution in [3.05, 3.63) is 30.1 Å². The molecule has 0 spiro atoms. The lowest BCUT2D eigenvalue weighted by molar-refractivity contribution is -0.116. The van der Waals surface area contributed by atoms with Crippen molar-refractivity contribution in [1.29, 1.82) is 0 Å². The van der Waals surface area contributed by atoms with E-state index in [4.69, 9.17) is 0 Å². The van der Waals surface area contributed by atoms with Gasteiger partial charge in [-0.25, -0.2) is 0 Å². The lowest BCUT2D eigenvalue weighted by Gasteiger charge is -1.95. The van der Waals surface area contributed by atoms with Gasteiger partial charge >= 0.3 is 0 Å². The third-order valence-electron chi connectivity index (χ3n) is 1.36. The number of H-pyrrole nitrogens is 1. The summed E-state index contributed by atoms with van der Waals surface area (Å²) in [5.74, 6) is 0.269. The molecular formula is C8H11N5O. The van der Waals surface area contributed by atoms with E-state index in [9.17, 15) is 4.79 Å². The molecule has 0 aliphatic heterocycles. The highest BCUT2D eigenvalue weighted by Crippen LogP contribution is 1.82. The van der Waals surface area contributed by atoms with E-state index in [1.54, 1.807) is 12.2 Å². The van der Waals surface area contributed by atoms with Gasteiger partial charge in [0.2, 0.25) is 5.91 Å². The first-order chi connectivity index (χ1) is 6.83. The van der Waals surface area contributed by atoms with Crippen LogP contribution in [0, 0.1) is 0 Å². The van der Waals surface area contributed by atoms with Crippen LogP contribution in [0.1, 0.15) is 12.7 Å². The Kier molecular flexibility index (Phi) is 4.06. The molecule has 0 unspecified atom stereocenters. The minimum absolute atomic E-state index is 0.187. The van der Waals surface area contributed by atoms with Gasteiger partial charge in [0.15, 0.2) is 5.82 Å². The molecule has 1 aromatic rings. The van der Waals surface area contributed by atoms with Crippen molar-refractivity contribution in [2.24, 2.45) is 0 Å². The number of hydrogen-bond donors (Lipinski definition) is 2. The summed E-state index contributed by atoms with van der Waals surface area (Å²) in [5.41, 5.74) is 0. The predicted molar refractivity (Wildman–Crippen MR) is 50.0 cm³/mol. The van der Waals surface area contributed by atoms with Gasteiger partial charge in [0.05, 0.1) is 6.54 Å². The number of nitrogens with one attached hydrogen (secondary N) is 2. The quantitative estimate of drug-likeness (QED) is 0.518. The van der Waals surface area contributed by atoms with Crippen molar-refractivity contribution < 1.29 is 4.79 Å². The molecule has 0 atom stereocenters. The van der Waals surface area contributed by atoms with Crippen molar-refractivity contribution in [3.8, 4) is 0 Å². The number of hydrogen-bond acceptors (Lipinski definition) is 4. The molecule has 0 aliphatic carbocycles. The summed E-state index contributed by atoms with van der Waals surface area (Å²) in [6.07, 6.45) is 6.70. The van der Waals surface area contributed by atoms with Crippen LogP contribution in [0.4, 0.5) is 0 Å². The molecular weight excluding hydrogens is 182 g/mol. The third kappa shape index (κ3) is 3.61. The average Bonchev–Trinajstić information content (AvgIpc) is 2.68. The summed E-state index contributed by atoms with van der Waals surface area (Å²) in [6.45, 7) is 2.15. The zero-order valence-electron chi connectivity index (χ0n) is 7.77. The highest BCUT2D eigenvalue weighted by Gasteiger charge is 1.98. The van der Waals surface area contributed by atoms with E-state index in [0.717, 1.165) is 0 Å². The van der Waals surface area contributed by atoms with Crippen molar-refractivity contribution in [3.63, 3.8) is 0 Å². The molecule has 1 aromatic heterocycles. The van der Waals surface area contributed by atoms with E-state index in [-0.39, 0.29) is 12.5 Å². The second kappa shape index (κ2) is 5.63. The van der Waals surface area contributed by atoms with Crippen molar-refractivity contribution in [2.45, 2.75) is 13.5 Å². The number of amides is 1. The zero-order chi connectivity index (χ0) is 10.2. The summed E-state index contributed by atoms with van der Waals surface area (Å²) >= 11 is 0. The molecule has 1 amide bonds. The number of nitrogens with zero attached hydrogens (tertiary/aromatic N) is 3. The number of rotatable bonds is 4. The lowest BCUT2D eigenvalue weighted by Crippen LogP contribution is -2.20. The van der Waals surface area contributed by atoms with E-state index >= 15 is 0 Å². The van der Waals surface area contributed by atoms with Crippen LogP contribution in [0.3, 0.4) is 0 Å². The second-order valence-electron chi connectivity index (χ2n) is 2.43. The molecule has 1 heterocycles. The minimum Gasteiger partial charge on any atom is -0.345 e. The average molecular weight is 193 g/mol. The molecule has 74 valence electrons. The normalized spacial score (nSPS) is 11.2. The molecule has 0 fully saturated rings. The fourth-order valence-corrected chi connectivity index (χ4v) is 0.737. The largest absolute Gasteiger partial charge is 0.345 e. The molecule has 0 saturated carbocycles. The van der Waals surface area contributed by atoms with Crippen LogP contribution in [-0.4, -0.2) is 26.5 Å². The predicted octanol–water partition coefficient (Wildman–Crippen LogP) is -0.0518. The first-order valence-electron chi connectivity index (χ1n) is 4.12. The number of aromatic nitrogens is 4. The van der Waals surface area contributed by atoms with Gasteiger partial charge in [-0.3, -0.25) is 4.79 Å². The minimum atomic E-state index is -0.187. The van der Waals surface area contributed by atoms with Crippen LogP contribution in [0.25, 0.3) is 0 Å². The van der Waals surface area contributed by atoms with E-state index in [1.807, 2.05) is 13.0 Å². The zero-order valence-corrected chi connectivity index (χ0v) is 7.77. The highest BCUT2D eigenvalue weighted by atomic mass is 16.1. The molecule has 2 N–H and O–H groups in total. The molecule has 6 nitrogen and oxygen atoms in total. The Morgan fingerprint density at radius 1 is 1.57 bits per heavy atom. The van der Waals surface area contributed by atoms with E-state index in [0.29, 0.717) is 5.82 Å². The van der Waals surface area contributed by atoms with E-state index < -0.39 is 0 Å². The Labute approximate surface area is 81.1 Å². The van der Waals surface area contributed by atoms with E-state index in [2.05, 4.69) is 25.9 Å². The van der Waals surface area contributed by atoms with Gasteiger partial charge in [0.25, 0.3) is 0 Å². The molecule has 0 bridgehead atoms. The monoisotopic (exact) mass is 193 g/mol. The summed E-state index contributed by atoms with van der Waals surface area (Å²) in [6, 6.07) is 0. The highest BCUT2D eigenvalue weighted by molar-refractivity contribution is 5.87. The maximum absolute atomic E-state index is 11.1. The van der Waals surface area contributed by atoms with Crippen LogP contribution in [0.2, 0.25) is 0 Å². The number of allylic oxidation sites excluding steroid dienone is 3. The summed E-state index contributed by atoms with van der Waals surface area (Å²) in [5, 5.41) is 15.6. The molecule has 6 heteroatoms. The molecule has 0 aromatic carbocycles. The molecule has 1 rings (SSSR count). The number of carbonyl (C=O) groups excluding carboxylic acids is 1. The van der Waals surface area contributed by atoms with Gasteiger partial charge in [0.1, 0.15) is 0 Å². The maximum atomic E-state index is 11.1. The smallest absolute Gasteiger partial charge is 0.244 e. The number of aromatic amines is 1. The van der Waals surface area contributed by atoms with Crippen LogP contribution in [0.5, 0.6) is 0 Å². The topological polar surface area (TPSA) is 83.6 Å². The Morgan fingerprint density at radius 2 is 2.43 bits per heavy atom.